The van der Waals surface area contributed by atoms with Crippen molar-refractivity contribution < 1.29 is 14.7 Å². The van der Waals surface area contributed by atoms with Crippen molar-refractivity contribution in [2.75, 3.05) is 13.6 Å². The number of hydrogen-bond acceptors (Lipinski definition) is 3. The average molecular weight is 289 g/mol. The molecule has 2 atom stereocenters. The van der Waals surface area contributed by atoms with Crippen molar-refractivity contribution in [1.82, 2.24) is 15.2 Å². The molecule has 6 heteroatoms. The summed E-state index contributed by atoms with van der Waals surface area (Å²) in [6, 6.07) is 5.27. The minimum Gasteiger partial charge on any atom is -0.481 e. The lowest BCUT2D eigenvalue weighted by atomic mass is 10.1. The van der Waals surface area contributed by atoms with E-state index in [0.29, 0.717) is 19.4 Å². The van der Waals surface area contributed by atoms with Gasteiger partial charge in [0.1, 0.15) is 0 Å². The van der Waals surface area contributed by atoms with E-state index in [0.717, 1.165) is 5.69 Å². The predicted molar refractivity (Wildman–Crippen MR) is 77.8 cm³/mol. The number of pyridine rings is 1. The molecular formula is C15H19N3O3. The summed E-state index contributed by atoms with van der Waals surface area (Å²) in [5.41, 5.74) is 0.934. The molecule has 0 radical (unpaired) electrons. The van der Waals surface area contributed by atoms with Crippen LogP contribution in [0, 0.1) is 5.92 Å². The van der Waals surface area contributed by atoms with Gasteiger partial charge in [-0.2, -0.15) is 0 Å². The number of carboxylic acid groups (broad SMARTS) is 1. The predicted octanol–water partition coefficient (Wildman–Crippen LogP) is 1.29. The van der Waals surface area contributed by atoms with Crippen molar-refractivity contribution in [3.63, 3.8) is 0 Å². The molecule has 21 heavy (non-hydrogen) atoms. The second-order valence-electron chi connectivity index (χ2n) is 5.11. The highest BCUT2D eigenvalue weighted by molar-refractivity contribution is 5.76. The largest absolute Gasteiger partial charge is 0.481 e. The van der Waals surface area contributed by atoms with Gasteiger partial charge in [-0.05, 0) is 18.6 Å². The first kappa shape index (κ1) is 15.0. The van der Waals surface area contributed by atoms with Crippen LogP contribution in [0.1, 0.15) is 12.1 Å². The number of hydrogen-bond donors (Lipinski definition) is 2. The lowest BCUT2D eigenvalue weighted by Crippen LogP contribution is -2.43. The van der Waals surface area contributed by atoms with E-state index in [9.17, 15) is 9.59 Å². The van der Waals surface area contributed by atoms with Crippen molar-refractivity contribution in [3.05, 3.63) is 42.2 Å². The van der Waals surface area contributed by atoms with E-state index in [2.05, 4.69) is 10.3 Å². The molecular weight excluding hydrogens is 270 g/mol. The maximum Gasteiger partial charge on any atom is 0.317 e. The minimum atomic E-state index is -0.855. The highest BCUT2D eigenvalue weighted by atomic mass is 16.4. The van der Waals surface area contributed by atoms with Gasteiger partial charge in [0.25, 0.3) is 0 Å². The molecule has 0 aliphatic heterocycles. The first-order chi connectivity index (χ1) is 10.1. The van der Waals surface area contributed by atoms with E-state index in [-0.39, 0.29) is 12.1 Å². The summed E-state index contributed by atoms with van der Waals surface area (Å²) in [5.74, 6) is -1.36. The third-order valence-electron chi connectivity index (χ3n) is 3.49. The number of aliphatic carboxylic acids is 1. The second-order valence-corrected chi connectivity index (χ2v) is 5.11. The summed E-state index contributed by atoms with van der Waals surface area (Å²) in [4.78, 5) is 28.6. The van der Waals surface area contributed by atoms with Crippen molar-refractivity contribution in [2.24, 2.45) is 5.92 Å². The van der Waals surface area contributed by atoms with Gasteiger partial charge in [-0.15, -0.1) is 0 Å². The van der Waals surface area contributed by atoms with Crippen LogP contribution in [0.25, 0.3) is 0 Å². The van der Waals surface area contributed by atoms with E-state index in [4.69, 9.17) is 5.11 Å². The molecule has 1 heterocycles. The van der Waals surface area contributed by atoms with E-state index in [1.54, 1.807) is 30.3 Å². The molecule has 1 aromatic heterocycles. The number of rotatable bonds is 5. The number of likely N-dealkylation sites (N-methyl/N-ethyl adjacent to an activating group) is 1. The van der Waals surface area contributed by atoms with Crippen LogP contribution in [0.5, 0.6) is 0 Å². The quantitative estimate of drug-likeness (QED) is 0.800. The number of carboxylic acids is 1. The first-order valence-electron chi connectivity index (χ1n) is 6.89. The van der Waals surface area contributed by atoms with Crippen molar-refractivity contribution >= 4 is 12.0 Å². The Morgan fingerprint density at radius 3 is 2.86 bits per heavy atom. The fourth-order valence-corrected chi connectivity index (χ4v) is 2.19. The summed E-state index contributed by atoms with van der Waals surface area (Å²) in [6.45, 7) is 0.557. The Labute approximate surface area is 123 Å². The molecule has 0 fully saturated rings. The Kier molecular flexibility index (Phi) is 4.92. The van der Waals surface area contributed by atoms with E-state index < -0.39 is 11.9 Å². The van der Waals surface area contributed by atoms with Gasteiger partial charge >= 0.3 is 12.0 Å². The van der Waals surface area contributed by atoms with Gasteiger partial charge in [-0.1, -0.05) is 18.2 Å². The van der Waals surface area contributed by atoms with Crippen LogP contribution in [0.4, 0.5) is 4.79 Å². The monoisotopic (exact) mass is 289 g/mol. The summed E-state index contributed by atoms with van der Waals surface area (Å²) in [7, 11) is 1.71. The van der Waals surface area contributed by atoms with Crippen LogP contribution in [0.15, 0.2) is 36.5 Å². The molecule has 0 spiro atoms. The third kappa shape index (κ3) is 4.30. The maximum atomic E-state index is 12.0. The Balaban J connectivity index is 1.76. The standard InChI is InChI=1S/C15H19N3O3/c1-18(9-7-12-4-2-3-8-16-12)15(21)17-13-6-5-11(10-13)14(19)20/h2-6,8,11,13H,7,9-10H2,1H3,(H,17,21)(H,19,20). The van der Waals surface area contributed by atoms with Gasteiger partial charge in [0, 0.05) is 31.9 Å². The van der Waals surface area contributed by atoms with Crippen LogP contribution in [-0.2, 0) is 11.2 Å². The molecule has 2 rings (SSSR count). The highest BCUT2D eigenvalue weighted by Crippen LogP contribution is 2.18. The van der Waals surface area contributed by atoms with E-state index >= 15 is 0 Å². The van der Waals surface area contributed by atoms with Crippen molar-refractivity contribution in [3.8, 4) is 0 Å². The van der Waals surface area contributed by atoms with E-state index in [1.807, 2.05) is 18.2 Å². The normalized spacial score (nSPS) is 20.2. The molecule has 0 saturated carbocycles. The summed E-state index contributed by atoms with van der Waals surface area (Å²) in [6.07, 6.45) is 6.19. The average Bonchev–Trinajstić information content (AvgIpc) is 2.94. The van der Waals surface area contributed by atoms with Crippen molar-refractivity contribution in [1.29, 1.82) is 0 Å². The molecule has 6 nitrogen and oxygen atoms in total. The lowest BCUT2D eigenvalue weighted by Gasteiger charge is -2.20. The van der Waals surface area contributed by atoms with Crippen LogP contribution >= 0.6 is 0 Å². The Bertz CT molecular complexity index is 530. The minimum absolute atomic E-state index is 0.202. The van der Waals surface area contributed by atoms with Gasteiger partial charge < -0.3 is 15.3 Å². The number of carbonyl (C=O) groups is 2. The number of nitrogens with one attached hydrogen (secondary N) is 1. The molecule has 2 unspecified atom stereocenters. The first-order valence-corrected chi connectivity index (χ1v) is 6.89. The van der Waals surface area contributed by atoms with Crippen molar-refractivity contribution in [2.45, 2.75) is 18.9 Å². The maximum absolute atomic E-state index is 12.0. The summed E-state index contributed by atoms with van der Waals surface area (Å²) in [5, 5.41) is 11.7. The molecule has 1 aromatic rings. The van der Waals surface area contributed by atoms with Gasteiger partial charge in [-0.3, -0.25) is 9.78 Å². The van der Waals surface area contributed by atoms with Crippen LogP contribution in [0.3, 0.4) is 0 Å². The number of carbonyl (C=O) groups excluding carboxylic acids is 1. The molecule has 2 N–H and O–H groups in total. The lowest BCUT2D eigenvalue weighted by molar-refractivity contribution is -0.140. The Hall–Kier alpha value is -2.37. The van der Waals surface area contributed by atoms with Crippen LogP contribution < -0.4 is 5.32 Å². The third-order valence-corrected chi connectivity index (χ3v) is 3.49. The smallest absolute Gasteiger partial charge is 0.317 e. The van der Waals surface area contributed by atoms with Crippen LogP contribution in [-0.4, -0.2) is 46.6 Å². The molecule has 0 bridgehead atoms. The highest BCUT2D eigenvalue weighted by Gasteiger charge is 2.25. The number of nitrogens with zero attached hydrogens (tertiary/aromatic N) is 2. The van der Waals surface area contributed by atoms with Crippen LogP contribution in [0.2, 0.25) is 0 Å². The zero-order valence-electron chi connectivity index (χ0n) is 11.9. The zero-order chi connectivity index (χ0) is 15.2. The molecule has 0 aromatic carbocycles. The number of urea groups is 1. The zero-order valence-corrected chi connectivity index (χ0v) is 11.9. The SMILES string of the molecule is CN(CCc1ccccn1)C(=O)NC1C=CC(C(=O)O)C1. The second kappa shape index (κ2) is 6.88. The molecule has 112 valence electrons. The molecule has 0 saturated heterocycles. The topological polar surface area (TPSA) is 82.5 Å². The number of aromatic nitrogens is 1. The number of amides is 2. The molecule has 2 amide bonds. The fourth-order valence-electron chi connectivity index (χ4n) is 2.19. The van der Waals surface area contributed by atoms with Gasteiger partial charge in [0.05, 0.1) is 12.0 Å². The van der Waals surface area contributed by atoms with E-state index in [1.165, 1.54) is 0 Å². The Morgan fingerprint density at radius 1 is 1.43 bits per heavy atom. The summed E-state index contributed by atoms with van der Waals surface area (Å²) < 4.78 is 0. The summed E-state index contributed by atoms with van der Waals surface area (Å²) >= 11 is 0. The molecule has 1 aliphatic rings. The Morgan fingerprint density at radius 2 is 2.24 bits per heavy atom. The fraction of sp³-hybridized carbons (Fsp3) is 0.400. The van der Waals surface area contributed by atoms with Gasteiger partial charge in [0.2, 0.25) is 0 Å². The molecule has 1 aliphatic carbocycles. The van der Waals surface area contributed by atoms with Gasteiger partial charge in [0.15, 0.2) is 0 Å². The van der Waals surface area contributed by atoms with Gasteiger partial charge in [-0.25, -0.2) is 4.79 Å².